The topological polar surface area (TPSA) is 46.5 Å². The van der Waals surface area contributed by atoms with Crippen molar-refractivity contribution in [2.45, 2.75) is 44.6 Å². The number of aliphatic hydroxyl groups excluding tert-OH is 1. The molecule has 3 heteroatoms. The van der Waals surface area contributed by atoms with Crippen LogP contribution in [0, 0.1) is 11.3 Å². The summed E-state index contributed by atoms with van der Waals surface area (Å²) in [5.74, 6) is 0.131. The van der Waals surface area contributed by atoms with Crippen molar-refractivity contribution in [1.82, 2.24) is 0 Å². The predicted molar refractivity (Wildman–Crippen MR) is 51.6 cm³/mol. The van der Waals surface area contributed by atoms with Gasteiger partial charge < -0.3 is 9.84 Å². The fourth-order valence-electron chi connectivity index (χ4n) is 3.22. The molecule has 2 aliphatic rings. The average molecular weight is 198 g/mol. The minimum atomic E-state index is -0.560. The van der Waals surface area contributed by atoms with Crippen LogP contribution in [0.1, 0.15) is 38.5 Å². The zero-order valence-electron chi connectivity index (χ0n) is 8.66. The normalized spacial score (nSPS) is 41.9. The third-order valence-corrected chi connectivity index (χ3v) is 4.00. The third-order valence-electron chi connectivity index (χ3n) is 4.00. The Labute approximate surface area is 84.4 Å². The molecule has 0 aromatic heterocycles. The number of carbonyl (C=O) groups is 1. The number of carbonyl (C=O) groups excluding carboxylic acids is 1. The van der Waals surface area contributed by atoms with Gasteiger partial charge in [-0.1, -0.05) is 12.8 Å². The molecular formula is C11H18O3. The lowest BCUT2D eigenvalue weighted by Gasteiger charge is -2.47. The van der Waals surface area contributed by atoms with Gasteiger partial charge in [0.1, 0.15) is 0 Å². The van der Waals surface area contributed by atoms with Gasteiger partial charge in [-0.3, -0.25) is 4.79 Å². The van der Waals surface area contributed by atoms with Gasteiger partial charge in [-0.2, -0.15) is 0 Å². The van der Waals surface area contributed by atoms with E-state index in [-0.39, 0.29) is 5.97 Å². The first-order valence-electron chi connectivity index (χ1n) is 5.47. The minimum absolute atomic E-state index is 0.200. The summed E-state index contributed by atoms with van der Waals surface area (Å²) in [6.07, 6.45) is 5.39. The number of hydrogen-bond acceptors (Lipinski definition) is 3. The van der Waals surface area contributed by atoms with E-state index in [1.54, 1.807) is 0 Å². The molecule has 2 fully saturated rings. The lowest BCUT2D eigenvalue weighted by Crippen LogP contribution is -2.52. The number of methoxy groups -OCH3 is 1. The summed E-state index contributed by atoms with van der Waals surface area (Å²) >= 11 is 0. The van der Waals surface area contributed by atoms with Crippen LogP contribution in [-0.2, 0) is 9.53 Å². The van der Waals surface area contributed by atoms with Gasteiger partial charge in [-0.15, -0.1) is 0 Å². The van der Waals surface area contributed by atoms with Crippen molar-refractivity contribution in [2.75, 3.05) is 7.11 Å². The van der Waals surface area contributed by atoms with E-state index in [1.165, 1.54) is 7.11 Å². The number of fused-ring (bicyclic) bond motifs is 2. The van der Waals surface area contributed by atoms with Crippen molar-refractivity contribution in [1.29, 1.82) is 0 Å². The van der Waals surface area contributed by atoms with Crippen molar-refractivity contribution >= 4 is 5.97 Å². The Morgan fingerprint density at radius 1 is 1.36 bits per heavy atom. The zero-order valence-corrected chi connectivity index (χ0v) is 8.66. The van der Waals surface area contributed by atoms with E-state index < -0.39 is 11.5 Å². The van der Waals surface area contributed by atoms with Crippen LogP contribution in [0.3, 0.4) is 0 Å². The van der Waals surface area contributed by atoms with E-state index in [0.29, 0.717) is 5.92 Å². The fraction of sp³-hybridized carbons (Fsp3) is 0.909. The van der Waals surface area contributed by atoms with E-state index in [4.69, 9.17) is 4.74 Å². The molecule has 2 rings (SSSR count). The number of aliphatic hydroxyl groups is 1. The lowest BCUT2D eigenvalue weighted by molar-refractivity contribution is -0.174. The molecular weight excluding hydrogens is 180 g/mol. The number of hydrogen-bond donors (Lipinski definition) is 1. The van der Waals surface area contributed by atoms with Gasteiger partial charge in [0.2, 0.25) is 0 Å². The minimum Gasteiger partial charge on any atom is -0.469 e. The van der Waals surface area contributed by atoms with Crippen LogP contribution in [0.25, 0.3) is 0 Å². The van der Waals surface area contributed by atoms with E-state index in [1.807, 2.05) is 0 Å². The molecule has 1 unspecified atom stereocenters. The fourth-order valence-corrected chi connectivity index (χ4v) is 3.22. The van der Waals surface area contributed by atoms with Crippen LogP contribution in [-0.4, -0.2) is 24.3 Å². The van der Waals surface area contributed by atoms with Crippen LogP contribution >= 0.6 is 0 Å². The second kappa shape index (κ2) is 3.54. The molecule has 0 spiro atoms. The number of ether oxygens (including phenoxy) is 1. The van der Waals surface area contributed by atoms with Crippen molar-refractivity contribution in [3.8, 4) is 0 Å². The molecule has 2 bridgehead atoms. The Morgan fingerprint density at radius 3 is 2.43 bits per heavy atom. The molecule has 0 saturated heterocycles. The van der Waals surface area contributed by atoms with Crippen LogP contribution in [0.4, 0.5) is 0 Å². The highest BCUT2D eigenvalue weighted by Gasteiger charge is 2.52. The Morgan fingerprint density at radius 2 is 1.93 bits per heavy atom. The third kappa shape index (κ3) is 1.26. The maximum absolute atomic E-state index is 11.7. The van der Waals surface area contributed by atoms with E-state index in [2.05, 4.69) is 0 Å². The highest BCUT2D eigenvalue weighted by molar-refractivity contribution is 5.77. The number of esters is 1. The average Bonchev–Trinajstić information content (AvgIpc) is 2.17. The summed E-state index contributed by atoms with van der Waals surface area (Å²) in [4.78, 5) is 11.7. The molecule has 0 radical (unpaired) electrons. The van der Waals surface area contributed by atoms with Gasteiger partial charge in [0, 0.05) is 0 Å². The van der Waals surface area contributed by atoms with Gasteiger partial charge in [0.15, 0.2) is 0 Å². The molecule has 2 aliphatic carbocycles. The molecule has 0 heterocycles. The van der Waals surface area contributed by atoms with Crippen molar-refractivity contribution < 1.29 is 14.6 Å². The molecule has 0 aromatic rings. The molecule has 3 nitrogen and oxygen atoms in total. The maximum Gasteiger partial charge on any atom is 0.314 e. The summed E-state index contributed by atoms with van der Waals surface area (Å²) in [6.45, 7) is 0. The van der Waals surface area contributed by atoms with Gasteiger partial charge in [0.05, 0.1) is 18.6 Å². The summed E-state index contributed by atoms with van der Waals surface area (Å²) in [6, 6.07) is 0. The highest BCUT2D eigenvalue weighted by Crippen LogP contribution is 2.49. The SMILES string of the molecule is COC(=O)C12CCCC(CCC1)C2O. The molecule has 1 atom stereocenters. The van der Waals surface area contributed by atoms with E-state index >= 15 is 0 Å². The van der Waals surface area contributed by atoms with Crippen LogP contribution in [0.15, 0.2) is 0 Å². The standard InChI is InChI=1S/C11H18O3/c1-14-10(13)11-6-2-4-8(9(11)12)5-3-7-11/h8-9,12H,2-7H2,1H3. The summed E-state index contributed by atoms with van der Waals surface area (Å²) < 4.78 is 4.84. The van der Waals surface area contributed by atoms with Crippen LogP contribution in [0.5, 0.6) is 0 Å². The molecule has 80 valence electrons. The summed E-state index contributed by atoms with van der Waals surface area (Å²) in [7, 11) is 1.42. The molecule has 0 aromatic carbocycles. The smallest absolute Gasteiger partial charge is 0.314 e. The van der Waals surface area contributed by atoms with Crippen molar-refractivity contribution in [3.05, 3.63) is 0 Å². The molecule has 14 heavy (non-hydrogen) atoms. The largest absolute Gasteiger partial charge is 0.469 e. The van der Waals surface area contributed by atoms with Crippen molar-refractivity contribution in [3.63, 3.8) is 0 Å². The van der Waals surface area contributed by atoms with E-state index in [9.17, 15) is 9.90 Å². The molecule has 2 saturated carbocycles. The Bertz CT molecular complexity index is 227. The molecule has 1 N–H and O–H groups in total. The first-order chi connectivity index (χ1) is 6.70. The van der Waals surface area contributed by atoms with Crippen LogP contribution in [0.2, 0.25) is 0 Å². The van der Waals surface area contributed by atoms with Gasteiger partial charge in [-0.05, 0) is 31.6 Å². The van der Waals surface area contributed by atoms with E-state index in [0.717, 1.165) is 38.5 Å². The second-order valence-electron chi connectivity index (χ2n) is 4.64. The van der Waals surface area contributed by atoms with Gasteiger partial charge in [-0.25, -0.2) is 0 Å². The van der Waals surface area contributed by atoms with Gasteiger partial charge in [0.25, 0.3) is 0 Å². The molecule has 0 amide bonds. The summed E-state index contributed by atoms with van der Waals surface area (Å²) in [5, 5.41) is 10.1. The monoisotopic (exact) mass is 198 g/mol. The lowest BCUT2D eigenvalue weighted by atomic mass is 9.60. The second-order valence-corrected chi connectivity index (χ2v) is 4.64. The predicted octanol–water partition coefficient (Wildman–Crippen LogP) is 1.49. The maximum atomic E-state index is 11.7. The van der Waals surface area contributed by atoms with Crippen molar-refractivity contribution in [2.24, 2.45) is 11.3 Å². The summed E-state index contributed by atoms with van der Waals surface area (Å²) in [5.41, 5.74) is -0.560. The molecule has 0 aliphatic heterocycles. The van der Waals surface area contributed by atoms with Crippen LogP contribution < -0.4 is 0 Å². The highest BCUT2D eigenvalue weighted by atomic mass is 16.5. The number of rotatable bonds is 1. The first kappa shape index (κ1) is 9.97. The van der Waals surface area contributed by atoms with Gasteiger partial charge >= 0.3 is 5.97 Å². The Balaban J connectivity index is 2.25. The quantitative estimate of drug-likeness (QED) is 0.649. The zero-order chi connectivity index (χ0) is 10.2. The Hall–Kier alpha value is -0.570. The first-order valence-corrected chi connectivity index (χ1v) is 5.47. The Kier molecular flexibility index (Phi) is 2.52.